The first-order chi connectivity index (χ1) is 18.7. The van der Waals surface area contributed by atoms with Crippen LogP contribution in [0.3, 0.4) is 0 Å². The molecule has 0 saturated heterocycles. The number of likely N-dealkylation sites (N-methyl/N-ethyl adjacent to an activating group) is 2. The summed E-state index contributed by atoms with van der Waals surface area (Å²) in [7, 11) is 9.18. The first-order valence-corrected chi connectivity index (χ1v) is 12.9. The van der Waals surface area contributed by atoms with E-state index in [2.05, 4.69) is 51.2 Å². The number of amides is 1. The molecule has 204 valence electrons. The number of aromatic nitrogens is 3. The van der Waals surface area contributed by atoms with E-state index in [1.807, 2.05) is 6.07 Å². The van der Waals surface area contributed by atoms with Crippen LogP contribution in [-0.2, 0) is 6.54 Å². The fourth-order valence-corrected chi connectivity index (χ4v) is 4.81. The Bertz CT molecular complexity index is 1450. The van der Waals surface area contributed by atoms with Gasteiger partial charge in [0.15, 0.2) is 0 Å². The number of carbonyl (C=O) groups is 1. The van der Waals surface area contributed by atoms with Gasteiger partial charge < -0.3 is 24.6 Å². The van der Waals surface area contributed by atoms with Crippen LogP contribution in [0.25, 0.3) is 22.2 Å². The molecule has 0 spiro atoms. The molecule has 39 heavy (non-hydrogen) atoms. The van der Waals surface area contributed by atoms with E-state index < -0.39 is 0 Å². The minimum absolute atomic E-state index is 0.295. The number of pyridine rings is 1. The molecule has 1 N–H and O–H groups in total. The van der Waals surface area contributed by atoms with Crippen molar-refractivity contribution in [1.82, 2.24) is 24.8 Å². The van der Waals surface area contributed by atoms with Gasteiger partial charge in [-0.2, -0.15) is 0 Å². The molecule has 2 aromatic heterocycles. The van der Waals surface area contributed by atoms with Gasteiger partial charge in [-0.05, 0) is 38.8 Å². The molecule has 11 heteroatoms. The van der Waals surface area contributed by atoms with Gasteiger partial charge in [0, 0.05) is 55.4 Å². The smallest absolute Gasteiger partial charge is 0.259 e. The normalized spacial score (nSPS) is 11.3. The predicted molar refractivity (Wildman–Crippen MR) is 155 cm³/mol. The third-order valence-corrected chi connectivity index (χ3v) is 6.91. The van der Waals surface area contributed by atoms with E-state index in [1.54, 1.807) is 36.7 Å². The van der Waals surface area contributed by atoms with Gasteiger partial charge >= 0.3 is 0 Å². The first-order valence-electron chi connectivity index (χ1n) is 12.2. The molecule has 0 aliphatic heterocycles. The lowest BCUT2D eigenvalue weighted by molar-refractivity contribution is 0.102. The van der Waals surface area contributed by atoms with Crippen molar-refractivity contribution in [2.45, 2.75) is 6.54 Å². The molecule has 9 nitrogen and oxygen atoms in total. The summed E-state index contributed by atoms with van der Waals surface area (Å²) in [6, 6.07) is 8.75. The van der Waals surface area contributed by atoms with Crippen LogP contribution in [0.4, 0.5) is 5.82 Å². The highest BCUT2D eigenvalue weighted by Gasteiger charge is 2.23. The van der Waals surface area contributed by atoms with Gasteiger partial charge in [0.05, 0.1) is 35.3 Å². The zero-order chi connectivity index (χ0) is 28.1. The number of ether oxygens (including phenoxy) is 2. The average molecular weight is 569 g/mol. The third kappa shape index (κ3) is 6.39. The van der Waals surface area contributed by atoms with E-state index in [-0.39, 0.29) is 5.91 Å². The molecule has 0 fully saturated rings. The van der Waals surface area contributed by atoms with Gasteiger partial charge in [0.2, 0.25) is 0 Å². The van der Waals surface area contributed by atoms with Gasteiger partial charge in [-0.1, -0.05) is 35.3 Å². The highest BCUT2D eigenvalue weighted by atomic mass is 35.5. The molecular formula is C28H30Cl2N6O3. The molecule has 0 atom stereocenters. The maximum atomic E-state index is 13.3. The molecular weight excluding hydrogens is 539 g/mol. The Labute approximate surface area is 237 Å². The Morgan fingerprint density at radius 2 is 1.56 bits per heavy atom. The number of rotatable bonds is 10. The fourth-order valence-electron chi connectivity index (χ4n) is 4.10. The molecule has 0 saturated carbocycles. The second kappa shape index (κ2) is 12.6. The van der Waals surface area contributed by atoms with Crippen molar-refractivity contribution < 1.29 is 14.3 Å². The van der Waals surface area contributed by atoms with Crippen molar-refractivity contribution in [1.29, 1.82) is 0 Å². The molecule has 0 unspecified atom stereocenters. The average Bonchev–Trinajstić information content (AvgIpc) is 2.93. The van der Waals surface area contributed by atoms with E-state index in [0.717, 1.165) is 25.2 Å². The van der Waals surface area contributed by atoms with E-state index in [0.29, 0.717) is 55.1 Å². The topological polar surface area (TPSA) is 92.7 Å². The lowest BCUT2D eigenvalue weighted by Crippen LogP contribution is -2.28. The maximum Gasteiger partial charge on any atom is 0.259 e. The van der Waals surface area contributed by atoms with E-state index in [4.69, 9.17) is 32.7 Å². The van der Waals surface area contributed by atoms with Gasteiger partial charge in [0.1, 0.15) is 22.8 Å². The van der Waals surface area contributed by atoms with Gasteiger partial charge in [0.25, 0.3) is 5.91 Å². The Hall–Kier alpha value is -3.50. The highest BCUT2D eigenvalue weighted by Crippen LogP contribution is 2.47. The predicted octanol–water partition coefficient (Wildman–Crippen LogP) is 5.26. The van der Waals surface area contributed by atoms with Crippen LogP contribution in [0.15, 0.2) is 48.9 Å². The Balaban J connectivity index is 1.62. The number of methoxy groups -OCH3 is 2. The minimum Gasteiger partial charge on any atom is -0.495 e. The molecule has 4 rings (SSSR count). The van der Waals surface area contributed by atoms with Crippen molar-refractivity contribution in [3.63, 3.8) is 0 Å². The molecule has 0 aliphatic rings. The summed E-state index contributed by atoms with van der Waals surface area (Å²) in [5, 5.41) is 3.45. The second-order valence-corrected chi connectivity index (χ2v) is 10.0. The Kier molecular flexibility index (Phi) is 9.19. The van der Waals surface area contributed by atoms with Crippen molar-refractivity contribution in [3.05, 3.63) is 70.1 Å². The second-order valence-electron chi connectivity index (χ2n) is 9.25. The third-order valence-electron chi connectivity index (χ3n) is 6.16. The molecule has 4 aromatic rings. The first kappa shape index (κ1) is 28.5. The lowest BCUT2D eigenvalue weighted by Gasteiger charge is -2.19. The maximum absolute atomic E-state index is 13.3. The number of benzene rings is 2. The van der Waals surface area contributed by atoms with Crippen molar-refractivity contribution in [2.75, 3.05) is 53.8 Å². The molecule has 0 radical (unpaired) electrons. The van der Waals surface area contributed by atoms with Gasteiger partial charge in [-0.15, -0.1) is 0 Å². The molecule has 1 amide bonds. The molecule has 2 aromatic carbocycles. The summed E-state index contributed by atoms with van der Waals surface area (Å²) >= 11 is 13.3. The zero-order valence-corrected chi connectivity index (χ0v) is 24.0. The van der Waals surface area contributed by atoms with Gasteiger partial charge in [-0.25, -0.2) is 4.98 Å². The van der Waals surface area contributed by atoms with Crippen LogP contribution in [0.1, 0.15) is 15.9 Å². The van der Waals surface area contributed by atoms with E-state index in [1.165, 1.54) is 20.4 Å². The van der Waals surface area contributed by atoms with E-state index in [9.17, 15) is 4.79 Å². The van der Waals surface area contributed by atoms with Crippen molar-refractivity contribution in [2.24, 2.45) is 0 Å². The number of halogens is 2. The van der Waals surface area contributed by atoms with Crippen molar-refractivity contribution >= 4 is 46.0 Å². The number of nitrogens with one attached hydrogen (secondary N) is 1. The number of hydrogen-bond donors (Lipinski definition) is 1. The van der Waals surface area contributed by atoms with Crippen LogP contribution in [-0.4, -0.2) is 79.1 Å². The lowest BCUT2D eigenvalue weighted by atomic mass is 9.99. The Morgan fingerprint density at radius 1 is 0.897 bits per heavy atom. The van der Waals surface area contributed by atoms with Crippen LogP contribution >= 0.6 is 23.2 Å². The fraction of sp³-hybridized carbons (Fsp3) is 0.286. The number of hydrogen-bond acceptors (Lipinski definition) is 8. The summed E-state index contributed by atoms with van der Waals surface area (Å²) in [6.07, 6.45) is 4.84. The summed E-state index contributed by atoms with van der Waals surface area (Å²) < 4.78 is 10.8. The highest BCUT2D eigenvalue weighted by molar-refractivity contribution is 6.41. The summed E-state index contributed by atoms with van der Waals surface area (Å²) in [6.45, 7) is 2.67. The number of carbonyl (C=O) groups excluding carboxylic acids is 1. The van der Waals surface area contributed by atoms with Crippen LogP contribution < -0.4 is 14.8 Å². The van der Waals surface area contributed by atoms with Crippen LogP contribution in [0, 0.1) is 0 Å². The molecule has 0 aliphatic carbocycles. The van der Waals surface area contributed by atoms with Crippen LogP contribution in [0.5, 0.6) is 11.5 Å². The number of anilines is 1. The Morgan fingerprint density at radius 3 is 2.15 bits per heavy atom. The monoisotopic (exact) mass is 568 g/mol. The molecule has 2 heterocycles. The van der Waals surface area contributed by atoms with Crippen molar-refractivity contribution in [3.8, 4) is 22.6 Å². The quantitative estimate of drug-likeness (QED) is 0.277. The minimum atomic E-state index is -0.365. The van der Waals surface area contributed by atoms with E-state index >= 15 is 0 Å². The summed E-state index contributed by atoms with van der Waals surface area (Å²) in [5.41, 5.74) is 3.28. The van der Waals surface area contributed by atoms with Crippen LogP contribution in [0.2, 0.25) is 10.0 Å². The van der Waals surface area contributed by atoms with Gasteiger partial charge in [-0.3, -0.25) is 14.8 Å². The molecule has 0 bridgehead atoms. The summed E-state index contributed by atoms with van der Waals surface area (Å²) in [4.78, 5) is 31.0. The summed E-state index contributed by atoms with van der Waals surface area (Å²) in [5.74, 6) is 0.857. The number of fused-ring (bicyclic) bond motifs is 1. The zero-order valence-electron chi connectivity index (χ0n) is 22.5. The standard InChI is InChI=1S/C28H30Cl2N6O3/c1-35(2)12-13-36(3)16-17-6-9-22(33-15-17)34-28(37)19-8-7-18(26-27(19)32-11-10-31-26)23-24(29)20(38-4)14-21(39-5)25(23)30/h6-11,14-15H,12-13,16H2,1-5H3,(H,33,34,37). The largest absolute Gasteiger partial charge is 0.495 e. The SMILES string of the molecule is COc1cc(OC)c(Cl)c(-c2ccc(C(=O)Nc3ccc(CN(C)CCN(C)C)cn3)c3nccnc23)c1Cl. The number of nitrogens with zero attached hydrogens (tertiary/aromatic N) is 5.